The molecule has 1 fully saturated rings. The van der Waals surface area contributed by atoms with Crippen LogP contribution in [0.4, 0.5) is 5.13 Å². The van der Waals surface area contributed by atoms with Gasteiger partial charge in [0.15, 0.2) is 5.13 Å². The Hall–Kier alpha value is -2.53. The van der Waals surface area contributed by atoms with Crippen LogP contribution in [-0.4, -0.2) is 63.1 Å². The summed E-state index contributed by atoms with van der Waals surface area (Å²) in [5.74, 6) is -0.123. The maximum absolute atomic E-state index is 12.9. The van der Waals surface area contributed by atoms with Gasteiger partial charge in [0.2, 0.25) is 10.0 Å². The van der Waals surface area contributed by atoms with Crippen LogP contribution < -0.4 is 9.64 Å². The molecule has 1 aliphatic rings. The minimum Gasteiger partial charge on any atom is -0.423 e. The monoisotopic (exact) mass is 503 g/mol. The van der Waals surface area contributed by atoms with E-state index in [2.05, 4.69) is 9.88 Å². The molecule has 8 nitrogen and oxygen atoms in total. The maximum Gasteiger partial charge on any atom is 0.343 e. The Morgan fingerprint density at radius 3 is 2.56 bits per heavy atom. The number of benzene rings is 2. The molecular formula is C24H29N3O5S2. The van der Waals surface area contributed by atoms with E-state index in [4.69, 9.17) is 9.47 Å². The van der Waals surface area contributed by atoms with Crippen molar-refractivity contribution in [2.24, 2.45) is 0 Å². The lowest BCUT2D eigenvalue weighted by Crippen LogP contribution is -2.36. The number of thiazole rings is 1. The molecule has 0 aliphatic carbocycles. The summed E-state index contributed by atoms with van der Waals surface area (Å²) in [7, 11) is -3.59. The summed E-state index contributed by atoms with van der Waals surface area (Å²) in [6.45, 7) is 7.72. The average molecular weight is 504 g/mol. The first-order valence-electron chi connectivity index (χ1n) is 11.5. The summed E-state index contributed by atoms with van der Waals surface area (Å²) in [6, 6.07) is 11.3. The van der Waals surface area contributed by atoms with E-state index < -0.39 is 16.0 Å². The van der Waals surface area contributed by atoms with Crippen molar-refractivity contribution in [2.45, 2.75) is 31.6 Å². The van der Waals surface area contributed by atoms with Gasteiger partial charge in [0, 0.05) is 32.2 Å². The zero-order valence-corrected chi connectivity index (χ0v) is 21.0. The molecule has 10 heteroatoms. The van der Waals surface area contributed by atoms with Crippen LogP contribution in [0.15, 0.2) is 47.4 Å². The van der Waals surface area contributed by atoms with Crippen LogP contribution in [0.1, 0.15) is 37.0 Å². The molecule has 2 aromatic carbocycles. The molecule has 182 valence electrons. The van der Waals surface area contributed by atoms with Gasteiger partial charge in [-0.3, -0.25) is 0 Å². The number of morpholine rings is 1. The standard InChI is InChI=1S/C24H29N3O5S2/c1-3-5-12-27(4-2)34(29,30)20-9-6-18(7-10-20)23(28)32-19-8-11-21-22(17-19)33-24(25-21)26-13-15-31-16-14-26/h6-11,17H,3-5,12-16H2,1-2H3. The van der Waals surface area contributed by atoms with Crippen LogP contribution >= 0.6 is 11.3 Å². The van der Waals surface area contributed by atoms with Gasteiger partial charge in [-0.1, -0.05) is 31.6 Å². The Morgan fingerprint density at radius 2 is 1.88 bits per heavy atom. The summed E-state index contributed by atoms with van der Waals surface area (Å²) >= 11 is 1.55. The first kappa shape index (κ1) is 24.6. The van der Waals surface area contributed by atoms with E-state index >= 15 is 0 Å². The van der Waals surface area contributed by atoms with E-state index in [0.717, 1.165) is 41.3 Å². The van der Waals surface area contributed by atoms with Gasteiger partial charge < -0.3 is 14.4 Å². The number of esters is 1. The first-order valence-corrected chi connectivity index (χ1v) is 13.7. The van der Waals surface area contributed by atoms with E-state index in [-0.39, 0.29) is 10.5 Å². The quantitative estimate of drug-likeness (QED) is 0.320. The molecule has 1 aliphatic heterocycles. The lowest BCUT2D eigenvalue weighted by Gasteiger charge is -2.25. The number of ether oxygens (including phenoxy) is 2. The van der Waals surface area contributed by atoms with Crippen molar-refractivity contribution in [3.63, 3.8) is 0 Å². The van der Waals surface area contributed by atoms with Crippen molar-refractivity contribution in [3.05, 3.63) is 48.0 Å². The van der Waals surface area contributed by atoms with Crippen LogP contribution in [0.25, 0.3) is 10.2 Å². The Kier molecular flexibility index (Phi) is 7.82. The van der Waals surface area contributed by atoms with Gasteiger partial charge in [0.25, 0.3) is 0 Å². The molecule has 34 heavy (non-hydrogen) atoms. The van der Waals surface area contributed by atoms with Crippen molar-refractivity contribution >= 4 is 42.7 Å². The van der Waals surface area contributed by atoms with E-state index in [1.165, 1.54) is 28.6 Å². The lowest BCUT2D eigenvalue weighted by molar-refractivity contribution is 0.0735. The zero-order valence-electron chi connectivity index (χ0n) is 19.4. The number of hydrogen-bond donors (Lipinski definition) is 0. The van der Waals surface area contributed by atoms with Gasteiger partial charge in [0.1, 0.15) is 5.75 Å². The van der Waals surface area contributed by atoms with Gasteiger partial charge in [-0.05, 0) is 42.8 Å². The molecule has 0 radical (unpaired) electrons. The second-order valence-corrected chi connectivity index (χ2v) is 10.9. The molecule has 1 saturated heterocycles. The van der Waals surface area contributed by atoms with Crippen LogP contribution in [-0.2, 0) is 14.8 Å². The van der Waals surface area contributed by atoms with Gasteiger partial charge >= 0.3 is 5.97 Å². The first-order chi connectivity index (χ1) is 16.4. The Morgan fingerprint density at radius 1 is 1.15 bits per heavy atom. The molecule has 0 saturated carbocycles. The second kappa shape index (κ2) is 10.8. The fourth-order valence-corrected chi connectivity index (χ4v) is 6.24. The molecule has 0 N–H and O–H groups in total. The third-order valence-electron chi connectivity index (χ3n) is 5.68. The van der Waals surface area contributed by atoms with E-state index in [0.29, 0.717) is 32.1 Å². The number of hydrogen-bond acceptors (Lipinski definition) is 8. The third kappa shape index (κ3) is 5.41. The number of carbonyl (C=O) groups is 1. The smallest absolute Gasteiger partial charge is 0.343 e. The highest BCUT2D eigenvalue weighted by Crippen LogP contribution is 2.32. The SMILES string of the molecule is CCCCN(CC)S(=O)(=O)c1ccc(C(=O)Oc2ccc3nc(N4CCOCC4)sc3c2)cc1. The van der Waals surface area contributed by atoms with Crippen molar-refractivity contribution < 1.29 is 22.7 Å². The molecule has 0 atom stereocenters. The second-order valence-electron chi connectivity index (χ2n) is 7.99. The molecule has 4 rings (SSSR count). The molecule has 3 aromatic rings. The lowest BCUT2D eigenvalue weighted by atomic mass is 10.2. The minimum atomic E-state index is -3.59. The maximum atomic E-state index is 12.9. The van der Waals surface area contributed by atoms with E-state index in [1.807, 2.05) is 19.9 Å². The van der Waals surface area contributed by atoms with Gasteiger partial charge in [-0.15, -0.1) is 0 Å². The molecule has 0 bridgehead atoms. The van der Waals surface area contributed by atoms with E-state index in [9.17, 15) is 13.2 Å². The predicted molar refractivity (Wildman–Crippen MR) is 133 cm³/mol. The molecule has 1 aromatic heterocycles. The molecular weight excluding hydrogens is 474 g/mol. The van der Waals surface area contributed by atoms with Crippen molar-refractivity contribution in [2.75, 3.05) is 44.3 Å². The minimum absolute atomic E-state index is 0.170. The predicted octanol–water partition coefficient (Wildman–Crippen LogP) is 4.16. The number of unbranched alkanes of at least 4 members (excludes halogenated alkanes) is 1. The Balaban J connectivity index is 1.46. The summed E-state index contributed by atoms with van der Waals surface area (Å²) in [4.78, 5) is 19.7. The number of sulfonamides is 1. The summed E-state index contributed by atoms with van der Waals surface area (Å²) in [5.41, 5.74) is 1.14. The van der Waals surface area contributed by atoms with E-state index in [1.54, 1.807) is 23.5 Å². The number of nitrogens with zero attached hydrogens (tertiary/aromatic N) is 3. The third-order valence-corrected chi connectivity index (χ3v) is 8.75. The summed E-state index contributed by atoms with van der Waals surface area (Å²) in [6.07, 6.45) is 1.72. The van der Waals surface area contributed by atoms with Gasteiger partial charge in [-0.25, -0.2) is 18.2 Å². The van der Waals surface area contributed by atoms with Crippen LogP contribution in [0.3, 0.4) is 0 Å². The van der Waals surface area contributed by atoms with Crippen LogP contribution in [0, 0.1) is 0 Å². The normalized spacial score (nSPS) is 14.6. The number of anilines is 1. The fraction of sp³-hybridized carbons (Fsp3) is 0.417. The highest BCUT2D eigenvalue weighted by atomic mass is 32.2. The number of carbonyl (C=O) groups excluding carboxylic acids is 1. The van der Waals surface area contributed by atoms with Crippen LogP contribution in [0.5, 0.6) is 5.75 Å². The van der Waals surface area contributed by atoms with Gasteiger partial charge in [-0.2, -0.15) is 4.31 Å². The summed E-state index contributed by atoms with van der Waals surface area (Å²) < 4.78 is 39.1. The fourth-order valence-electron chi connectivity index (χ4n) is 3.71. The topological polar surface area (TPSA) is 89.0 Å². The molecule has 0 unspecified atom stereocenters. The largest absolute Gasteiger partial charge is 0.423 e. The van der Waals surface area contributed by atoms with Crippen molar-refractivity contribution in [3.8, 4) is 5.75 Å². The Labute approximate surface area is 204 Å². The average Bonchev–Trinajstić information content (AvgIpc) is 3.28. The molecule has 0 amide bonds. The highest BCUT2D eigenvalue weighted by Gasteiger charge is 2.23. The molecule has 2 heterocycles. The number of rotatable bonds is 9. The summed E-state index contributed by atoms with van der Waals surface area (Å²) in [5, 5.41) is 0.929. The van der Waals surface area contributed by atoms with Crippen molar-refractivity contribution in [1.82, 2.24) is 9.29 Å². The Bertz CT molecular complexity index is 1240. The number of fused-ring (bicyclic) bond motifs is 1. The number of aromatic nitrogens is 1. The van der Waals surface area contributed by atoms with Crippen LogP contribution in [0.2, 0.25) is 0 Å². The van der Waals surface area contributed by atoms with Gasteiger partial charge in [0.05, 0.1) is 33.9 Å². The molecule has 0 spiro atoms. The highest BCUT2D eigenvalue weighted by molar-refractivity contribution is 7.89. The van der Waals surface area contributed by atoms with Crippen molar-refractivity contribution in [1.29, 1.82) is 0 Å². The zero-order chi connectivity index (χ0) is 24.1.